The van der Waals surface area contributed by atoms with Gasteiger partial charge in [-0.15, -0.1) is 0 Å². The van der Waals surface area contributed by atoms with Gasteiger partial charge in [-0.1, -0.05) is 23.7 Å². The molecule has 0 saturated carbocycles. The van der Waals surface area contributed by atoms with Crippen molar-refractivity contribution in [2.75, 3.05) is 26.2 Å². The minimum atomic E-state index is 0.154. The van der Waals surface area contributed by atoms with Gasteiger partial charge in [0, 0.05) is 50.6 Å². The van der Waals surface area contributed by atoms with Crippen LogP contribution < -0.4 is 0 Å². The van der Waals surface area contributed by atoms with Gasteiger partial charge in [0.25, 0.3) is 0 Å². The lowest BCUT2D eigenvalue weighted by atomic mass is 10.0. The lowest BCUT2D eigenvalue weighted by molar-refractivity contribution is -0.130. The van der Waals surface area contributed by atoms with E-state index in [1.807, 2.05) is 4.90 Å². The summed E-state index contributed by atoms with van der Waals surface area (Å²) >= 11 is 6.42. The Morgan fingerprint density at radius 3 is 2.57 bits per heavy atom. The fraction of sp³-hybridized carbons (Fsp3) is 0.444. The van der Waals surface area contributed by atoms with Crippen LogP contribution in [0.15, 0.2) is 18.2 Å². The first kappa shape index (κ1) is 16.2. The van der Waals surface area contributed by atoms with Crippen LogP contribution in [-0.4, -0.2) is 46.9 Å². The maximum absolute atomic E-state index is 11.4. The molecular weight excluding hydrogens is 310 g/mol. The topological polar surface area (TPSA) is 36.4 Å². The highest BCUT2D eigenvalue weighted by Gasteiger charge is 2.19. The van der Waals surface area contributed by atoms with Crippen molar-refractivity contribution < 1.29 is 4.79 Å². The molecule has 1 amide bonds. The number of hydrogen-bond donors (Lipinski definition) is 0. The molecule has 1 aromatic heterocycles. The lowest BCUT2D eigenvalue weighted by Crippen LogP contribution is -2.47. The second-order valence-electron chi connectivity index (χ2n) is 6.30. The number of piperazine rings is 1. The van der Waals surface area contributed by atoms with Crippen molar-refractivity contribution in [3.8, 4) is 0 Å². The molecule has 0 N–H and O–H groups in total. The number of pyridine rings is 1. The smallest absolute Gasteiger partial charge is 0.219 e. The molecule has 0 spiro atoms. The van der Waals surface area contributed by atoms with Crippen molar-refractivity contribution >= 4 is 28.4 Å². The number of benzene rings is 1. The van der Waals surface area contributed by atoms with Crippen LogP contribution in [-0.2, 0) is 11.3 Å². The summed E-state index contributed by atoms with van der Waals surface area (Å²) in [5.41, 5.74) is 4.46. The molecule has 1 aromatic carbocycles. The van der Waals surface area contributed by atoms with Crippen LogP contribution in [0.3, 0.4) is 0 Å². The fourth-order valence-corrected chi connectivity index (χ4v) is 3.28. The molecule has 23 heavy (non-hydrogen) atoms. The molecule has 0 aliphatic carbocycles. The molecule has 1 fully saturated rings. The molecule has 3 rings (SSSR count). The predicted octanol–water partition coefficient (Wildman–Crippen LogP) is 3.17. The number of nitrogens with zero attached hydrogens (tertiary/aromatic N) is 3. The summed E-state index contributed by atoms with van der Waals surface area (Å²) in [5.74, 6) is 0.154. The highest BCUT2D eigenvalue weighted by Crippen LogP contribution is 2.26. The molecule has 5 heteroatoms. The average Bonchev–Trinajstić information content (AvgIpc) is 2.53. The number of fused-ring (bicyclic) bond motifs is 1. The number of hydrogen-bond acceptors (Lipinski definition) is 3. The number of amides is 1. The lowest BCUT2D eigenvalue weighted by Gasteiger charge is -2.34. The Hall–Kier alpha value is -1.65. The molecule has 1 aliphatic rings. The number of aryl methyl sites for hydroxylation is 2. The minimum absolute atomic E-state index is 0.154. The van der Waals surface area contributed by atoms with Crippen molar-refractivity contribution in [3.63, 3.8) is 0 Å². The van der Waals surface area contributed by atoms with E-state index < -0.39 is 0 Å². The molecule has 0 atom stereocenters. The summed E-state index contributed by atoms with van der Waals surface area (Å²) in [6.07, 6.45) is 0. The Labute approximate surface area is 142 Å². The first-order chi connectivity index (χ1) is 11.0. The van der Waals surface area contributed by atoms with Crippen LogP contribution in [0.4, 0.5) is 0 Å². The van der Waals surface area contributed by atoms with Crippen LogP contribution in [0.1, 0.15) is 23.6 Å². The van der Waals surface area contributed by atoms with Crippen molar-refractivity contribution in [2.24, 2.45) is 0 Å². The normalized spacial score (nSPS) is 16.1. The van der Waals surface area contributed by atoms with Crippen LogP contribution in [0, 0.1) is 13.8 Å². The molecule has 1 aliphatic heterocycles. The van der Waals surface area contributed by atoms with Gasteiger partial charge in [0.2, 0.25) is 5.91 Å². The summed E-state index contributed by atoms with van der Waals surface area (Å²) in [7, 11) is 0. The molecule has 4 nitrogen and oxygen atoms in total. The molecule has 2 heterocycles. The standard InChI is InChI=1S/C18H22ClN3O/c1-12-4-5-15-10-16(18(19)20-17(15)13(12)2)11-21-6-8-22(9-7-21)14(3)23/h4-5,10H,6-9,11H2,1-3H3. The Balaban J connectivity index is 1.80. The Kier molecular flexibility index (Phi) is 4.55. The Morgan fingerprint density at radius 1 is 1.22 bits per heavy atom. The van der Waals surface area contributed by atoms with Crippen LogP contribution in [0.5, 0.6) is 0 Å². The van der Waals surface area contributed by atoms with Crippen LogP contribution in [0.2, 0.25) is 5.15 Å². The van der Waals surface area contributed by atoms with Gasteiger partial charge >= 0.3 is 0 Å². The number of halogens is 1. The third-order valence-corrected chi connectivity index (χ3v) is 5.08. The average molecular weight is 332 g/mol. The van der Waals surface area contributed by atoms with Gasteiger partial charge in [-0.2, -0.15) is 0 Å². The van der Waals surface area contributed by atoms with Gasteiger partial charge < -0.3 is 4.90 Å². The first-order valence-corrected chi connectivity index (χ1v) is 8.36. The summed E-state index contributed by atoms with van der Waals surface area (Å²) < 4.78 is 0. The van der Waals surface area contributed by atoms with Gasteiger partial charge in [0.05, 0.1) is 5.52 Å². The zero-order valence-electron chi connectivity index (χ0n) is 13.9. The number of rotatable bonds is 2. The van der Waals surface area contributed by atoms with E-state index in [4.69, 9.17) is 11.6 Å². The number of carbonyl (C=O) groups excluding carboxylic acids is 1. The van der Waals surface area contributed by atoms with E-state index in [1.54, 1.807) is 6.92 Å². The van der Waals surface area contributed by atoms with Gasteiger partial charge in [-0.25, -0.2) is 4.98 Å². The quantitative estimate of drug-likeness (QED) is 0.793. The van der Waals surface area contributed by atoms with Gasteiger partial charge in [-0.05, 0) is 31.0 Å². The Morgan fingerprint density at radius 2 is 1.91 bits per heavy atom. The summed E-state index contributed by atoms with van der Waals surface area (Å²) in [6, 6.07) is 6.38. The van der Waals surface area contributed by atoms with E-state index in [9.17, 15) is 4.79 Å². The van der Waals surface area contributed by atoms with Crippen molar-refractivity contribution in [2.45, 2.75) is 27.3 Å². The fourth-order valence-electron chi connectivity index (χ4n) is 3.08. The zero-order valence-corrected chi connectivity index (χ0v) is 14.7. The predicted molar refractivity (Wildman–Crippen MR) is 93.8 cm³/mol. The van der Waals surface area contributed by atoms with E-state index in [1.165, 1.54) is 11.1 Å². The summed E-state index contributed by atoms with van der Waals surface area (Å²) in [5, 5.41) is 1.72. The molecule has 0 unspecified atom stereocenters. The number of carbonyl (C=O) groups is 1. The second kappa shape index (κ2) is 6.46. The summed E-state index contributed by atoms with van der Waals surface area (Å²) in [4.78, 5) is 20.2. The molecule has 122 valence electrons. The zero-order chi connectivity index (χ0) is 16.6. The largest absolute Gasteiger partial charge is 0.340 e. The van der Waals surface area contributed by atoms with E-state index in [0.717, 1.165) is 49.2 Å². The van der Waals surface area contributed by atoms with E-state index >= 15 is 0 Å². The maximum Gasteiger partial charge on any atom is 0.219 e. The first-order valence-electron chi connectivity index (χ1n) is 7.99. The van der Waals surface area contributed by atoms with E-state index in [2.05, 4.69) is 41.9 Å². The summed E-state index contributed by atoms with van der Waals surface area (Å²) in [6.45, 7) is 9.90. The van der Waals surface area contributed by atoms with Crippen molar-refractivity contribution in [1.29, 1.82) is 0 Å². The highest BCUT2D eigenvalue weighted by molar-refractivity contribution is 6.30. The van der Waals surface area contributed by atoms with E-state index in [-0.39, 0.29) is 5.91 Å². The van der Waals surface area contributed by atoms with Crippen molar-refractivity contribution in [3.05, 3.63) is 40.0 Å². The number of aromatic nitrogens is 1. The third kappa shape index (κ3) is 3.33. The monoisotopic (exact) mass is 331 g/mol. The Bertz CT molecular complexity index is 752. The van der Waals surface area contributed by atoms with Gasteiger partial charge in [-0.3, -0.25) is 9.69 Å². The van der Waals surface area contributed by atoms with Gasteiger partial charge in [0.1, 0.15) is 5.15 Å². The minimum Gasteiger partial charge on any atom is -0.340 e. The molecule has 1 saturated heterocycles. The SMILES string of the molecule is CC(=O)N1CCN(Cc2cc3ccc(C)c(C)c3nc2Cl)CC1. The van der Waals surface area contributed by atoms with Crippen LogP contribution >= 0.6 is 11.6 Å². The maximum atomic E-state index is 11.4. The third-order valence-electron chi connectivity index (χ3n) is 4.75. The molecule has 2 aromatic rings. The highest BCUT2D eigenvalue weighted by atomic mass is 35.5. The molecular formula is C18H22ClN3O. The van der Waals surface area contributed by atoms with E-state index in [0.29, 0.717) is 5.15 Å². The molecule has 0 radical (unpaired) electrons. The van der Waals surface area contributed by atoms with Gasteiger partial charge in [0.15, 0.2) is 0 Å². The second-order valence-corrected chi connectivity index (χ2v) is 6.66. The van der Waals surface area contributed by atoms with Crippen LogP contribution in [0.25, 0.3) is 10.9 Å². The molecule has 0 bridgehead atoms. The van der Waals surface area contributed by atoms with Crippen molar-refractivity contribution in [1.82, 2.24) is 14.8 Å².